The minimum absolute atomic E-state index is 0.108. The number of benzene rings is 1. The van der Waals surface area contributed by atoms with Crippen LogP contribution in [0.5, 0.6) is 0 Å². The van der Waals surface area contributed by atoms with E-state index in [2.05, 4.69) is 4.90 Å². The maximum atomic E-state index is 14.4. The molecule has 0 spiro atoms. The standard InChI is InChI=1S/C16H25F2N3/c1-11(19)7-12-8-14(17)16(15(18)9-12)21-6-4-5-13(21)10-20(2)3/h8-9,11,13H,4-7,10,19H2,1-3H3. The highest BCUT2D eigenvalue weighted by Crippen LogP contribution is 2.31. The Kier molecular flexibility index (Phi) is 5.17. The number of hydrogen-bond donors (Lipinski definition) is 1. The number of nitrogens with zero attached hydrogens (tertiary/aromatic N) is 2. The van der Waals surface area contributed by atoms with Gasteiger partial charge in [-0.3, -0.25) is 0 Å². The summed E-state index contributed by atoms with van der Waals surface area (Å²) in [5.74, 6) is -0.951. The van der Waals surface area contributed by atoms with Gasteiger partial charge in [0.2, 0.25) is 0 Å². The third-order valence-electron chi connectivity index (χ3n) is 3.87. The van der Waals surface area contributed by atoms with E-state index in [1.54, 1.807) is 0 Å². The maximum Gasteiger partial charge on any atom is 0.149 e. The second-order valence-corrected chi connectivity index (χ2v) is 6.34. The van der Waals surface area contributed by atoms with Crippen molar-refractivity contribution in [1.29, 1.82) is 0 Å². The lowest BCUT2D eigenvalue weighted by Crippen LogP contribution is -2.38. The molecular formula is C16H25F2N3. The van der Waals surface area contributed by atoms with Crippen molar-refractivity contribution in [3.05, 3.63) is 29.3 Å². The molecule has 1 aromatic rings. The first-order chi connectivity index (χ1) is 9.88. The fourth-order valence-corrected chi connectivity index (χ4v) is 3.12. The molecule has 5 heteroatoms. The third-order valence-corrected chi connectivity index (χ3v) is 3.87. The summed E-state index contributed by atoms with van der Waals surface area (Å²) in [4.78, 5) is 3.93. The third kappa shape index (κ3) is 3.92. The van der Waals surface area contributed by atoms with Crippen molar-refractivity contribution < 1.29 is 8.78 Å². The number of hydrogen-bond acceptors (Lipinski definition) is 3. The van der Waals surface area contributed by atoms with Gasteiger partial charge in [0.05, 0.1) is 0 Å². The van der Waals surface area contributed by atoms with Crippen LogP contribution >= 0.6 is 0 Å². The van der Waals surface area contributed by atoms with Crippen LogP contribution in [-0.4, -0.2) is 44.2 Å². The summed E-state index contributed by atoms with van der Waals surface area (Å²) in [5.41, 5.74) is 6.44. The van der Waals surface area contributed by atoms with Crippen molar-refractivity contribution in [3.8, 4) is 0 Å². The van der Waals surface area contributed by atoms with Gasteiger partial charge in [0, 0.05) is 25.2 Å². The monoisotopic (exact) mass is 297 g/mol. The molecule has 1 saturated heterocycles. The van der Waals surface area contributed by atoms with Gasteiger partial charge in [-0.1, -0.05) is 0 Å². The number of likely N-dealkylation sites (N-methyl/N-ethyl adjacent to an activating group) is 1. The molecule has 0 amide bonds. The van der Waals surface area contributed by atoms with Crippen molar-refractivity contribution >= 4 is 5.69 Å². The number of rotatable bonds is 5. The van der Waals surface area contributed by atoms with Gasteiger partial charge in [-0.15, -0.1) is 0 Å². The van der Waals surface area contributed by atoms with Gasteiger partial charge in [-0.2, -0.15) is 0 Å². The summed E-state index contributed by atoms with van der Waals surface area (Å²) in [7, 11) is 3.96. The summed E-state index contributed by atoms with van der Waals surface area (Å²) >= 11 is 0. The van der Waals surface area contributed by atoms with Crippen LogP contribution in [0.1, 0.15) is 25.3 Å². The lowest BCUT2D eigenvalue weighted by molar-refractivity contribution is 0.370. The molecule has 1 aliphatic heterocycles. The van der Waals surface area contributed by atoms with Crippen molar-refractivity contribution in [2.75, 3.05) is 32.1 Å². The van der Waals surface area contributed by atoms with Crippen molar-refractivity contribution in [1.82, 2.24) is 4.90 Å². The zero-order valence-electron chi connectivity index (χ0n) is 13.1. The van der Waals surface area contributed by atoms with Gasteiger partial charge in [-0.05, 0) is 58.0 Å². The van der Waals surface area contributed by atoms with Crippen LogP contribution in [0.4, 0.5) is 14.5 Å². The zero-order valence-corrected chi connectivity index (χ0v) is 13.1. The number of halogens is 2. The first kappa shape index (κ1) is 16.2. The van der Waals surface area contributed by atoms with E-state index in [4.69, 9.17) is 5.73 Å². The fraction of sp³-hybridized carbons (Fsp3) is 0.625. The highest BCUT2D eigenvalue weighted by Gasteiger charge is 2.29. The highest BCUT2D eigenvalue weighted by molar-refractivity contribution is 5.52. The van der Waals surface area contributed by atoms with E-state index >= 15 is 0 Å². The number of anilines is 1. The molecule has 1 aromatic carbocycles. The van der Waals surface area contributed by atoms with E-state index in [0.29, 0.717) is 18.5 Å². The first-order valence-electron chi connectivity index (χ1n) is 7.53. The van der Waals surface area contributed by atoms with Crippen LogP contribution in [0.3, 0.4) is 0 Å². The van der Waals surface area contributed by atoms with Gasteiger partial charge >= 0.3 is 0 Å². The molecule has 3 nitrogen and oxygen atoms in total. The van der Waals surface area contributed by atoms with Gasteiger partial charge in [0.15, 0.2) is 0 Å². The summed E-state index contributed by atoms with van der Waals surface area (Å²) in [6.07, 6.45) is 2.42. The van der Waals surface area contributed by atoms with Crippen molar-refractivity contribution in [3.63, 3.8) is 0 Å². The largest absolute Gasteiger partial charge is 0.363 e. The molecule has 2 N–H and O–H groups in total. The lowest BCUT2D eigenvalue weighted by Gasteiger charge is -2.29. The van der Waals surface area contributed by atoms with Crippen LogP contribution in [0.2, 0.25) is 0 Å². The van der Waals surface area contributed by atoms with Gasteiger partial charge < -0.3 is 15.5 Å². The molecular weight excluding hydrogens is 272 g/mol. The Morgan fingerprint density at radius 2 is 1.95 bits per heavy atom. The first-order valence-corrected chi connectivity index (χ1v) is 7.53. The Balaban J connectivity index is 2.26. The van der Waals surface area contributed by atoms with E-state index in [0.717, 1.165) is 19.4 Å². The van der Waals surface area contributed by atoms with Gasteiger partial charge in [0.1, 0.15) is 17.3 Å². The average Bonchev–Trinajstić information content (AvgIpc) is 2.74. The minimum Gasteiger partial charge on any atom is -0.363 e. The van der Waals surface area contributed by atoms with E-state index < -0.39 is 11.6 Å². The molecule has 0 aromatic heterocycles. The molecule has 0 saturated carbocycles. The topological polar surface area (TPSA) is 32.5 Å². The highest BCUT2D eigenvalue weighted by atomic mass is 19.1. The van der Waals surface area contributed by atoms with E-state index in [1.165, 1.54) is 12.1 Å². The molecule has 2 unspecified atom stereocenters. The minimum atomic E-state index is -0.476. The zero-order chi connectivity index (χ0) is 15.6. The Hall–Kier alpha value is -1.20. The molecule has 0 bridgehead atoms. The Morgan fingerprint density at radius 1 is 1.33 bits per heavy atom. The molecule has 0 radical (unpaired) electrons. The predicted molar refractivity (Wildman–Crippen MR) is 82.6 cm³/mol. The van der Waals surface area contributed by atoms with Crippen LogP contribution in [0.15, 0.2) is 12.1 Å². The van der Waals surface area contributed by atoms with Gasteiger partial charge in [0.25, 0.3) is 0 Å². The Bertz CT molecular complexity index is 465. The molecule has 118 valence electrons. The maximum absolute atomic E-state index is 14.4. The van der Waals surface area contributed by atoms with Crippen molar-refractivity contribution in [2.45, 2.75) is 38.3 Å². The molecule has 1 heterocycles. The number of nitrogens with two attached hydrogens (primary N) is 1. The second kappa shape index (κ2) is 6.71. The van der Waals surface area contributed by atoms with E-state index in [9.17, 15) is 8.78 Å². The van der Waals surface area contributed by atoms with Crippen LogP contribution < -0.4 is 10.6 Å². The molecule has 2 rings (SSSR count). The smallest absolute Gasteiger partial charge is 0.149 e. The van der Waals surface area contributed by atoms with E-state index in [-0.39, 0.29) is 17.8 Å². The lowest BCUT2D eigenvalue weighted by atomic mass is 10.1. The van der Waals surface area contributed by atoms with Gasteiger partial charge in [-0.25, -0.2) is 8.78 Å². The average molecular weight is 297 g/mol. The van der Waals surface area contributed by atoms with Crippen LogP contribution in [-0.2, 0) is 6.42 Å². The molecule has 2 atom stereocenters. The predicted octanol–water partition coefficient (Wildman–Crippen LogP) is 2.38. The summed E-state index contributed by atoms with van der Waals surface area (Å²) in [5, 5.41) is 0. The summed E-state index contributed by atoms with van der Waals surface area (Å²) < 4.78 is 28.8. The molecule has 0 aliphatic carbocycles. The van der Waals surface area contributed by atoms with Crippen LogP contribution in [0.25, 0.3) is 0 Å². The molecule has 1 aliphatic rings. The van der Waals surface area contributed by atoms with E-state index in [1.807, 2.05) is 25.9 Å². The van der Waals surface area contributed by atoms with Crippen LogP contribution in [0, 0.1) is 11.6 Å². The summed E-state index contributed by atoms with van der Waals surface area (Å²) in [6, 6.07) is 2.91. The SMILES string of the molecule is CC(N)Cc1cc(F)c(N2CCCC2CN(C)C)c(F)c1. The van der Waals surface area contributed by atoms with Crippen molar-refractivity contribution in [2.24, 2.45) is 5.73 Å². The Morgan fingerprint density at radius 3 is 2.48 bits per heavy atom. The summed E-state index contributed by atoms with van der Waals surface area (Å²) in [6.45, 7) is 3.34. The fourth-order valence-electron chi connectivity index (χ4n) is 3.12. The molecule has 1 fully saturated rings. The quantitative estimate of drug-likeness (QED) is 0.906. The second-order valence-electron chi connectivity index (χ2n) is 6.34. The normalized spacial score (nSPS) is 20.3. The molecule has 21 heavy (non-hydrogen) atoms. The Labute approximate surface area is 125 Å².